The summed E-state index contributed by atoms with van der Waals surface area (Å²) in [7, 11) is -16.5. The summed E-state index contributed by atoms with van der Waals surface area (Å²) in [6.07, 6.45) is -7.77. The van der Waals surface area contributed by atoms with Crippen LogP contribution in [-0.2, 0) is 55.5 Å². The maximum Gasteiger partial charge on any atom is 0.481 e. The average molecular weight is 926 g/mol. The first kappa shape index (κ1) is 50.3. The number of hydrogen-bond acceptors (Lipinski definition) is 20. The predicted molar refractivity (Wildman–Crippen MR) is 199 cm³/mol. The van der Waals surface area contributed by atoms with Crippen LogP contribution in [0.1, 0.15) is 46.3 Å². The molecule has 3 heterocycles. The van der Waals surface area contributed by atoms with E-state index in [1.165, 1.54) is 20.8 Å². The molecule has 1 aliphatic heterocycles. The van der Waals surface area contributed by atoms with E-state index in [-0.39, 0.29) is 53.8 Å². The van der Waals surface area contributed by atoms with Crippen LogP contribution in [-0.4, -0.2) is 145 Å². The van der Waals surface area contributed by atoms with Crippen molar-refractivity contribution in [2.45, 2.75) is 70.7 Å². The molecule has 59 heavy (non-hydrogen) atoms. The third-order valence-electron chi connectivity index (χ3n) is 8.30. The van der Waals surface area contributed by atoms with E-state index in [4.69, 9.17) is 24.6 Å². The van der Waals surface area contributed by atoms with Gasteiger partial charge in [-0.2, -0.15) is 4.31 Å². The van der Waals surface area contributed by atoms with E-state index >= 15 is 0 Å². The summed E-state index contributed by atoms with van der Waals surface area (Å²) < 4.78 is 62.0. The smallest absolute Gasteiger partial charge is 0.481 e. The number of thioether (sulfide) groups is 1. The Kier molecular flexibility index (Phi) is 17.7. The number of aliphatic hydroxyl groups is 3. The van der Waals surface area contributed by atoms with Crippen molar-refractivity contribution in [2.75, 3.05) is 44.4 Å². The van der Waals surface area contributed by atoms with Crippen LogP contribution in [0, 0.1) is 10.8 Å². The molecule has 0 spiro atoms. The molecule has 31 heteroatoms. The summed E-state index contributed by atoms with van der Waals surface area (Å²) in [5, 5.41) is 44.2. The van der Waals surface area contributed by atoms with Crippen molar-refractivity contribution in [3.05, 3.63) is 12.7 Å². The first-order valence-electron chi connectivity index (χ1n) is 17.1. The van der Waals surface area contributed by atoms with Gasteiger partial charge in [0.15, 0.2) is 22.8 Å². The lowest BCUT2D eigenvalue weighted by Crippen LogP contribution is -2.46. The molecular weight excluding hydrogens is 879 g/mol. The van der Waals surface area contributed by atoms with Crippen molar-refractivity contribution >= 4 is 75.1 Å². The van der Waals surface area contributed by atoms with Gasteiger partial charge in [-0.15, -0.1) is 0 Å². The largest absolute Gasteiger partial charge is 0.481 e. The molecule has 0 aliphatic carbocycles. The van der Waals surface area contributed by atoms with Crippen molar-refractivity contribution in [3.8, 4) is 0 Å². The number of hydrogen-bond donors (Lipinski definition) is 11. The van der Waals surface area contributed by atoms with Gasteiger partial charge in [0, 0.05) is 49.1 Å². The summed E-state index contributed by atoms with van der Waals surface area (Å²) in [5.41, 5.74) is 3.04. The predicted octanol–water partition coefficient (Wildman–Crippen LogP) is -1.47. The Morgan fingerprint density at radius 1 is 1.02 bits per heavy atom. The second-order valence-electron chi connectivity index (χ2n) is 14.0. The van der Waals surface area contributed by atoms with Crippen LogP contribution in [0.4, 0.5) is 5.82 Å². The summed E-state index contributed by atoms with van der Waals surface area (Å²) in [4.78, 5) is 98.8. The monoisotopic (exact) mass is 925 g/mol. The SMILES string of the molecule is CC(CO)(CC(=O)O)CC(=O)SCCNC(=O)CCNC(=O)[C@H](O)C(C)(C)COP(=O)(O)OP(=O)(O)OC[C@H]1O[C@@H](n2cnc3c(N)ncnc32)[C@H](O)[C@@H]1OP(=O)(O)O. The standard InChI is InChI=1S/C28H46N7O20P3S/c1-27(2,22(42)25(43)31-5-4-16(37)30-6-7-59-18(40)9-28(3,11-36)8-17(38)39)12-52-58(49,50)55-57(47,48)51-10-15-21(54-56(44,45)46)20(41)26(53-15)35-14-34-19-23(29)32-13-33-24(19)35/h13-15,20-22,26,36,41-42H,4-12H2,1-3H3,(H,30,37)(H,31,43)(H,38,39)(H,47,48)(H,49,50)(H2,29,32,33)(H2,44,45,46)/t15-,20-,21-,22+,26-,28?/m1/s1. The highest BCUT2D eigenvalue weighted by Crippen LogP contribution is 2.61. The molecule has 0 aromatic carbocycles. The van der Waals surface area contributed by atoms with Gasteiger partial charge in [-0.3, -0.25) is 37.3 Å². The van der Waals surface area contributed by atoms with Crippen LogP contribution < -0.4 is 16.4 Å². The molecule has 2 aromatic rings. The fourth-order valence-corrected chi connectivity index (χ4v) is 8.95. The number of carbonyl (C=O) groups excluding carboxylic acids is 3. The van der Waals surface area contributed by atoms with E-state index in [1.54, 1.807) is 0 Å². The number of phosphoric acid groups is 3. The Balaban J connectivity index is 1.46. The summed E-state index contributed by atoms with van der Waals surface area (Å²) >= 11 is 0.835. The quantitative estimate of drug-likeness (QED) is 0.0423. The number of amides is 2. The van der Waals surface area contributed by atoms with Gasteiger partial charge < -0.3 is 61.1 Å². The van der Waals surface area contributed by atoms with E-state index in [2.05, 4.69) is 34.4 Å². The highest BCUT2D eigenvalue weighted by Gasteiger charge is 2.50. The number of aliphatic hydroxyl groups excluding tert-OH is 3. The molecule has 0 saturated carbocycles. The molecule has 12 N–H and O–H groups in total. The molecule has 2 amide bonds. The number of rotatable bonds is 24. The molecule has 3 rings (SSSR count). The number of carbonyl (C=O) groups is 4. The van der Waals surface area contributed by atoms with Gasteiger partial charge in [-0.1, -0.05) is 32.5 Å². The number of anilines is 1. The fourth-order valence-electron chi connectivity index (χ4n) is 5.23. The minimum atomic E-state index is -5.60. The van der Waals surface area contributed by atoms with Crippen LogP contribution in [0.25, 0.3) is 11.2 Å². The molecule has 1 saturated heterocycles. The Bertz CT molecular complexity index is 1970. The minimum absolute atomic E-state index is 0.0154. The van der Waals surface area contributed by atoms with Gasteiger partial charge in [-0.25, -0.2) is 28.6 Å². The third kappa shape index (κ3) is 15.4. The Hall–Kier alpha value is -3.01. The highest BCUT2D eigenvalue weighted by molar-refractivity contribution is 8.13. The first-order chi connectivity index (χ1) is 27.2. The zero-order chi connectivity index (χ0) is 44.6. The number of nitrogens with one attached hydrogen (secondary N) is 2. The van der Waals surface area contributed by atoms with Gasteiger partial charge in [0.25, 0.3) is 0 Å². The number of carboxylic acids is 1. The van der Waals surface area contributed by atoms with E-state index < -0.39 is 109 Å². The number of carboxylic acid groups (broad SMARTS) is 1. The first-order valence-corrected chi connectivity index (χ1v) is 22.6. The number of aromatic nitrogens is 4. The number of nitrogens with zero attached hydrogens (tertiary/aromatic N) is 4. The lowest BCUT2D eigenvalue weighted by Gasteiger charge is -2.30. The fraction of sp³-hybridized carbons (Fsp3) is 0.679. The number of nitrogens with two attached hydrogens (primary N) is 1. The lowest BCUT2D eigenvalue weighted by molar-refractivity contribution is -0.140. The average Bonchev–Trinajstić information content (AvgIpc) is 3.67. The van der Waals surface area contributed by atoms with Crippen LogP contribution in [0.2, 0.25) is 0 Å². The molecular formula is C28H46N7O20P3S. The normalized spacial score (nSPS) is 22.2. The van der Waals surface area contributed by atoms with Crippen LogP contribution in [0.15, 0.2) is 12.7 Å². The number of imidazole rings is 1. The summed E-state index contributed by atoms with van der Waals surface area (Å²) in [6, 6.07) is 0. The van der Waals surface area contributed by atoms with Crippen LogP contribution in [0.3, 0.4) is 0 Å². The molecule has 334 valence electrons. The Morgan fingerprint density at radius 3 is 2.31 bits per heavy atom. The molecule has 1 fully saturated rings. The van der Waals surface area contributed by atoms with Crippen molar-refractivity contribution in [3.63, 3.8) is 0 Å². The molecule has 2 aromatic heterocycles. The minimum Gasteiger partial charge on any atom is -0.481 e. The number of phosphoric ester groups is 3. The van der Waals surface area contributed by atoms with Gasteiger partial charge >= 0.3 is 29.4 Å². The van der Waals surface area contributed by atoms with Crippen LogP contribution >= 0.6 is 35.2 Å². The number of fused-ring (bicyclic) bond motifs is 1. The summed E-state index contributed by atoms with van der Waals surface area (Å²) in [6.45, 7) is 1.07. The maximum atomic E-state index is 12.7. The van der Waals surface area contributed by atoms with Crippen LogP contribution in [0.5, 0.6) is 0 Å². The Labute approximate surface area is 338 Å². The van der Waals surface area contributed by atoms with Crippen molar-refractivity contribution in [1.82, 2.24) is 30.2 Å². The number of ether oxygens (including phenoxy) is 1. The van der Waals surface area contributed by atoms with E-state index in [9.17, 15) is 67.8 Å². The van der Waals surface area contributed by atoms with E-state index in [0.29, 0.717) is 0 Å². The number of aliphatic carboxylic acids is 1. The number of nitrogen functional groups attached to an aromatic ring is 1. The second kappa shape index (κ2) is 20.7. The zero-order valence-electron chi connectivity index (χ0n) is 31.5. The third-order valence-corrected chi connectivity index (χ3v) is 12.3. The van der Waals surface area contributed by atoms with Crippen molar-refractivity contribution in [2.24, 2.45) is 10.8 Å². The van der Waals surface area contributed by atoms with E-state index in [1.807, 2.05) is 0 Å². The zero-order valence-corrected chi connectivity index (χ0v) is 35.0. The van der Waals surface area contributed by atoms with Gasteiger partial charge in [-0.05, 0) is 0 Å². The molecule has 8 atom stereocenters. The highest BCUT2D eigenvalue weighted by atomic mass is 32.2. The molecule has 0 radical (unpaired) electrons. The summed E-state index contributed by atoms with van der Waals surface area (Å²) in [5.74, 6) is -2.65. The second-order valence-corrected chi connectivity index (χ2v) is 19.4. The molecule has 0 bridgehead atoms. The van der Waals surface area contributed by atoms with E-state index in [0.717, 1.165) is 29.0 Å². The van der Waals surface area contributed by atoms with Gasteiger partial charge in [0.05, 0.1) is 26.0 Å². The van der Waals surface area contributed by atoms with Gasteiger partial charge in [0.2, 0.25) is 11.8 Å². The van der Waals surface area contributed by atoms with Gasteiger partial charge in [0.1, 0.15) is 36.3 Å². The maximum absolute atomic E-state index is 12.7. The topological polar surface area (TPSA) is 421 Å². The lowest BCUT2D eigenvalue weighted by atomic mass is 9.85. The van der Waals surface area contributed by atoms with Crippen molar-refractivity contribution in [1.29, 1.82) is 0 Å². The van der Waals surface area contributed by atoms with Crippen molar-refractivity contribution < 1.29 is 95.5 Å². The molecule has 27 nitrogen and oxygen atoms in total. The Morgan fingerprint density at radius 2 is 1.68 bits per heavy atom. The molecule has 3 unspecified atom stereocenters. The molecule has 1 aliphatic rings.